The number of morpholine rings is 1. The van der Waals surface area contributed by atoms with Gasteiger partial charge in [0.15, 0.2) is 5.16 Å². The summed E-state index contributed by atoms with van der Waals surface area (Å²) in [5.74, 6) is 0.909. The standard InChI is InChI=1S/C22H26N4OS/c1-3-18-9-7-8-12-20(18)26-21(25-13-15-27-16-14-25)23-24-22(26)28-17(2)19-10-5-4-6-11-19/h4-12,17H,3,13-16H2,1-2H3/t17-/m0/s1. The predicted octanol–water partition coefficient (Wildman–Crippen LogP) is 4.52. The van der Waals surface area contributed by atoms with E-state index in [9.17, 15) is 0 Å². The smallest absolute Gasteiger partial charge is 0.232 e. The molecule has 0 N–H and O–H groups in total. The second-order valence-electron chi connectivity index (χ2n) is 6.87. The van der Waals surface area contributed by atoms with Gasteiger partial charge in [0.05, 0.1) is 18.9 Å². The normalized spacial score (nSPS) is 15.6. The van der Waals surface area contributed by atoms with Gasteiger partial charge in [0.2, 0.25) is 5.95 Å². The van der Waals surface area contributed by atoms with E-state index in [2.05, 4.69) is 88.1 Å². The van der Waals surface area contributed by atoms with E-state index < -0.39 is 0 Å². The van der Waals surface area contributed by atoms with Gasteiger partial charge in [-0.1, -0.05) is 67.2 Å². The molecule has 0 radical (unpaired) electrons. The van der Waals surface area contributed by atoms with Gasteiger partial charge >= 0.3 is 0 Å². The van der Waals surface area contributed by atoms with Crippen molar-refractivity contribution in [2.24, 2.45) is 0 Å². The van der Waals surface area contributed by atoms with Crippen LogP contribution in [0.4, 0.5) is 5.95 Å². The Kier molecular flexibility index (Phi) is 5.98. The Hall–Kier alpha value is -2.31. The molecule has 0 aliphatic carbocycles. The Morgan fingerprint density at radius 3 is 2.46 bits per heavy atom. The van der Waals surface area contributed by atoms with Crippen molar-refractivity contribution in [1.82, 2.24) is 14.8 Å². The number of aromatic nitrogens is 3. The lowest BCUT2D eigenvalue weighted by atomic mass is 10.1. The number of thioether (sulfide) groups is 1. The first-order valence-electron chi connectivity index (χ1n) is 9.86. The number of aryl methyl sites for hydroxylation is 1. The molecule has 3 aromatic rings. The Labute approximate surface area is 170 Å². The SMILES string of the molecule is CCc1ccccc1-n1c(S[C@@H](C)c2ccccc2)nnc1N1CCOCC1. The molecule has 0 unspecified atom stereocenters. The van der Waals surface area contributed by atoms with Crippen molar-refractivity contribution in [1.29, 1.82) is 0 Å². The summed E-state index contributed by atoms with van der Waals surface area (Å²) in [5, 5.41) is 10.4. The van der Waals surface area contributed by atoms with Gasteiger partial charge in [0, 0.05) is 18.3 Å². The summed E-state index contributed by atoms with van der Waals surface area (Å²) in [7, 11) is 0. The summed E-state index contributed by atoms with van der Waals surface area (Å²) in [4.78, 5) is 2.28. The molecule has 0 spiro atoms. The van der Waals surface area contributed by atoms with Crippen LogP contribution in [0.15, 0.2) is 59.8 Å². The Morgan fingerprint density at radius 2 is 1.71 bits per heavy atom. The molecule has 1 saturated heterocycles. The van der Waals surface area contributed by atoms with Crippen molar-refractivity contribution < 1.29 is 4.74 Å². The van der Waals surface area contributed by atoms with Crippen LogP contribution in [0.3, 0.4) is 0 Å². The highest BCUT2D eigenvalue weighted by molar-refractivity contribution is 7.99. The fourth-order valence-corrected chi connectivity index (χ4v) is 4.48. The predicted molar refractivity (Wildman–Crippen MR) is 114 cm³/mol. The number of anilines is 1. The van der Waals surface area contributed by atoms with Gasteiger partial charge in [-0.15, -0.1) is 10.2 Å². The molecule has 6 heteroatoms. The van der Waals surface area contributed by atoms with Crippen LogP contribution < -0.4 is 4.90 Å². The number of hydrogen-bond donors (Lipinski definition) is 0. The average molecular weight is 395 g/mol. The van der Waals surface area contributed by atoms with E-state index in [1.807, 2.05) is 0 Å². The summed E-state index contributed by atoms with van der Waals surface area (Å²) >= 11 is 1.75. The second-order valence-corrected chi connectivity index (χ2v) is 8.18. The third-order valence-electron chi connectivity index (χ3n) is 5.07. The molecule has 1 fully saturated rings. The maximum absolute atomic E-state index is 5.54. The fourth-order valence-electron chi connectivity index (χ4n) is 3.50. The molecule has 1 aliphatic rings. The number of ether oxygens (including phenoxy) is 1. The first-order chi connectivity index (χ1) is 13.8. The van der Waals surface area contributed by atoms with Gasteiger partial charge in [-0.05, 0) is 30.5 Å². The molecule has 5 nitrogen and oxygen atoms in total. The molecule has 0 amide bonds. The monoisotopic (exact) mass is 394 g/mol. The number of rotatable bonds is 6. The van der Waals surface area contributed by atoms with E-state index in [1.54, 1.807) is 11.8 Å². The first-order valence-corrected chi connectivity index (χ1v) is 10.7. The molecule has 28 heavy (non-hydrogen) atoms. The summed E-state index contributed by atoms with van der Waals surface area (Å²) in [6.07, 6.45) is 0.968. The maximum atomic E-state index is 5.54. The Morgan fingerprint density at radius 1 is 1.00 bits per heavy atom. The van der Waals surface area contributed by atoms with Crippen LogP contribution in [-0.2, 0) is 11.2 Å². The number of hydrogen-bond acceptors (Lipinski definition) is 5. The molecule has 1 atom stereocenters. The van der Waals surface area contributed by atoms with Gasteiger partial charge in [0.1, 0.15) is 0 Å². The van der Waals surface area contributed by atoms with E-state index >= 15 is 0 Å². The molecule has 0 bridgehead atoms. The van der Waals surface area contributed by atoms with Crippen LogP contribution in [-0.4, -0.2) is 41.1 Å². The van der Waals surface area contributed by atoms with Gasteiger partial charge in [-0.25, -0.2) is 0 Å². The summed E-state index contributed by atoms with van der Waals surface area (Å²) in [6.45, 7) is 7.54. The van der Waals surface area contributed by atoms with E-state index in [0.29, 0.717) is 0 Å². The molecule has 1 aliphatic heterocycles. The van der Waals surface area contributed by atoms with Crippen LogP contribution in [0.25, 0.3) is 5.69 Å². The third-order valence-corrected chi connectivity index (χ3v) is 6.18. The Balaban J connectivity index is 1.75. The van der Waals surface area contributed by atoms with E-state index in [1.165, 1.54) is 16.8 Å². The quantitative estimate of drug-likeness (QED) is 0.575. The zero-order valence-electron chi connectivity index (χ0n) is 16.4. The fraction of sp³-hybridized carbons (Fsp3) is 0.364. The van der Waals surface area contributed by atoms with Crippen molar-refractivity contribution in [3.05, 3.63) is 65.7 Å². The third kappa shape index (κ3) is 3.93. The van der Waals surface area contributed by atoms with E-state index in [4.69, 9.17) is 4.74 Å². The molecule has 4 rings (SSSR count). The van der Waals surface area contributed by atoms with Crippen LogP contribution in [0, 0.1) is 0 Å². The molecular formula is C22H26N4OS. The molecular weight excluding hydrogens is 368 g/mol. The van der Waals surface area contributed by atoms with Gasteiger partial charge in [0.25, 0.3) is 0 Å². The summed E-state index contributed by atoms with van der Waals surface area (Å²) < 4.78 is 7.77. The minimum atomic E-state index is 0.287. The zero-order valence-corrected chi connectivity index (χ0v) is 17.2. The lowest BCUT2D eigenvalue weighted by Gasteiger charge is -2.28. The second kappa shape index (κ2) is 8.80. The summed E-state index contributed by atoms with van der Waals surface area (Å²) in [5.41, 5.74) is 3.75. The lowest BCUT2D eigenvalue weighted by Crippen LogP contribution is -2.38. The Bertz CT molecular complexity index is 906. The van der Waals surface area contributed by atoms with Crippen molar-refractivity contribution in [2.75, 3.05) is 31.2 Å². The topological polar surface area (TPSA) is 43.2 Å². The van der Waals surface area contributed by atoms with Crippen LogP contribution in [0.1, 0.15) is 30.2 Å². The largest absolute Gasteiger partial charge is 0.378 e. The molecule has 0 saturated carbocycles. The highest BCUT2D eigenvalue weighted by atomic mass is 32.2. The van der Waals surface area contributed by atoms with E-state index in [0.717, 1.165) is 43.8 Å². The minimum absolute atomic E-state index is 0.287. The average Bonchev–Trinajstić information content (AvgIpc) is 3.18. The van der Waals surface area contributed by atoms with Crippen LogP contribution in [0.2, 0.25) is 0 Å². The lowest BCUT2D eigenvalue weighted by molar-refractivity contribution is 0.122. The first kappa shape index (κ1) is 19.0. The van der Waals surface area contributed by atoms with Crippen molar-refractivity contribution in [3.63, 3.8) is 0 Å². The molecule has 2 heterocycles. The zero-order chi connectivity index (χ0) is 19.3. The highest BCUT2D eigenvalue weighted by Gasteiger charge is 2.24. The van der Waals surface area contributed by atoms with Crippen molar-refractivity contribution in [2.45, 2.75) is 30.7 Å². The maximum Gasteiger partial charge on any atom is 0.232 e. The van der Waals surface area contributed by atoms with Gasteiger partial charge in [-0.2, -0.15) is 0 Å². The van der Waals surface area contributed by atoms with Crippen molar-refractivity contribution in [3.8, 4) is 5.69 Å². The van der Waals surface area contributed by atoms with Gasteiger partial charge in [-0.3, -0.25) is 4.57 Å². The van der Waals surface area contributed by atoms with E-state index in [-0.39, 0.29) is 5.25 Å². The molecule has 1 aromatic heterocycles. The van der Waals surface area contributed by atoms with Crippen LogP contribution in [0.5, 0.6) is 0 Å². The number of para-hydroxylation sites is 1. The summed E-state index contributed by atoms with van der Waals surface area (Å²) in [6, 6.07) is 19.1. The van der Waals surface area contributed by atoms with Crippen LogP contribution >= 0.6 is 11.8 Å². The highest BCUT2D eigenvalue weighted by Crippen LogP contribution is 2.37. The molecule has 146 valence electrons. The van der Waals surface area contributed by atoms with Crippen molar-refractivity contribution >= 4 is 17.7 Å². The minimum Gasteiger partial charge on any atom is -0.378 e. The van der Waals surface area contributed by atoms with Gasteiger partial charge < -0.3 is 9.64 Å². The molecule has 2 aromatic carbocycles. The number of benzene rings is 2. The number of nitrogens with zero attached hydrogens (tertiary/aromatic N) is 4.